The Bertz CT molecular complexity index is 430. The van der Waals surface area contributed by atoms with Crippen molar-refractivity contribution in [2.24, 2.45) is 0 Å². The van der Waals surface area contributed by atoms with E-state index >= 15 is 0 Å². The molecule has 4 heteroatoms. The van der Waals surface area contributed by atoms with Crippen LogP contribution in [0, 0.1) is 0 Å². The van der Waals surface area contributed by atoms with Crippen molar-refractivity contribution in [1.82, 2.24) is 0 Å². The number of anilines is 1. The van der Waals surface area contributed by atoms with Gasteiger partial charge in [-0.15, -0.1) is 0 Å². The highest BCUT2D eigenvalue weighted by Gasteiger charge is 2.21. The van der Waals surface area contributed by atoms with Crippen LogP contribution in [-0.4, -0.2) is 29.4 Å². The minimum atomic E-state index is -0.473. The van der Waals surface area contributed by atoms with Gasteiger partial charge in [0.2, 0.25) is 0 Å². The highest BCUT2D eigenvalue weighted by molar-refractivity contribution is 9.10. The molecule has 3 nitrogen and oxygen atoms in total. The van der Waals surface area contributed by atoms with Gasteiger partial charge in [0.25, 0.3) is 0 Å². The first-order chi connectivity index (χ1) is 9.63. The molecule has 0 bridgehead atoms. The standard InChI is InChI=1S/C16H24BrNO2/c1-12(20)15-8-7-14(11-16(15)17)18(9-10-19)13-5-3-2-4-6-13/h7-8,11-13,19-20H,2-6,9-10H2,1H3/t12-/m1/s1. The summed E-state index contributed by atoms with van der Waals surface area (Å²) in [7, 11) is 0. The second-order valence-corrected chi connectivity index (χ2v) is 6.44. The van der Waals surface area contributed by atoms with E-state index in [1.165, 1.54) is 32.1 Å². The number of rotatable bonds is 5. The van der Waals surface area contributed by atoms with Gasteiger partial charge >= 0.3 is 0 Å². The Kier molecular flexibility index (Phi) is 5.87. The first kappa shape index (κ1) is 15.8. The molecule has 1 saturated carbocycles. The van der Waals surface area contributed by atoms with Gasteiger partial charge in [0.05, 0.1) is 12.7 Å². The van der Waals surface area contributed by atoms with Crippen LogP contribution in [0.5, 0.6) is 0 Å². The maximum absolute atomic E-state index is 9.70. The third kappa shape index (κ3) is 3.74. The maximum atomic E-state index is 9.70. The SMILES string of the molecule is C[C@@H](O)c1ccc(N(CCO)C2CCCCC2)cc1Br. The maximum Gasteiger partial charge on any atom is 0.0772 e. The van der Waals surface area contributed by atoms with Gasteiger partial charge in [-0.05, 0) is 37.5 Å². The van der Waals surface area contributed by atoms with Crippen molar-refractivity contribution in [1.29, 1.82) is 0 Å². The van der Waals surface area contributed by atoms with Gasteiger partial charge < -0.3 is 15.1 Å². The largest absolute Gasteiger partial charge is 0.395 e. The molecule has 1 atom stereocenters. The Labute approximate surface area is 129 Å². The van der Waals surface area contributed by atoms with E-state index in [-0.39, 0.29) is 6.61 Å². The third-order valence-corrected chi connectivity index (χ3v) is 4.81. The molecule has 0 spiro atoms. The minimum Gasteiger partial charge on any atom is -0.395 e. The van der Waals surface area contributed by atoms with Crippen LogP contribution in [0.25, 0.3) is 0 Å². The van der Waals surface area contributed by atoms with Crippen LogP contribution in [0.15, 0.2) is 22.7 Å². The Morgan fingerprint density at radius 2 is 2.00 bits per heavy atom. The molecular weight excluding hydrogens is 318 g/mol. The lowest BCUT2D eigenvalue weighted by Gasteiger charge is -2.36. The van der Waals surface area contributed by atoms with Crippen LogP contribution in [-0.2, 0) is 0 Å². The number of halogens is 1. The first-order valence-electron chi connectivity index (χ1n) is 7.48. The molecule has 20 heavy (non-hydrogen) atoms. The summed E-state index contributed by atoms with van der Waals surface area (Å²) in [6.45, 7) is 2.61. The summed E-state index contributed by atoms with van der Waals surface area (Å²) in [5.74, 6) is 0. The normalized spacial score (nSPS) is 18.0. The molecule has 1 aliphatic rings. The van der Waals surface area contributed by atoms with Crippen molar-refractivity contribution >= 4 is 21.6 Å². The lowest BCUT2D eigenvalue weighted by molar-refractivity contribution is 0.198. The summed E-state index contributed by atoms with van der Waals surface area (Å²) in [5.41, 5.74) is 2.03. The fourth-order valence-electron chi connectivity index (χ4n) is 3.06. The van der Waals surface area contributed by atoms with E-state index < -0.39 is 6.10 Å². The predicted molar refractivity (Wildman–Crippen MR) is 86.1 cm³/mol. The molecule has 112 valence electrons. The zero-order valence-corrected chi connectivity index (χ0v) is 13.6. The van der Waals surface area contributed by atoms with Gasteiger partial charge in [-0.3, -0.25) is 0 Å². The van der Waals surface area contributed by atoms with E-state index in [2.05, 4.69) is 33.0 Å². The molecule has 2 N–H and O–H groups in total. The van der Waals surface area contributed by atoms with Gasteiger partial charge in [-0.1, -0.05) is 41.3 Å². The zero-order valence-electron chi connectivity index (χ0n) is 12.1. The summed E-state index contributed by atoms with van der Waals surface area (Å²) < 4.78 is 0.934. The van der Waals surface area contributed by atoms with Crippen LogP contribution in [0.2, 0.25) is 0 Å². The van der Waals surface area contributed by atoms with Crippen molar-refractivity contribution in [3.63, 3.8) is 0 Å². The molecule has 1 aromatic rings. The van der Waals surface area contributed by atoms with E-state index in [1.807, 2.05) is 6.07 Å². The Morgan fingerprint density at radius 3 is 2.55 bits per heavy atom. The fourth-order valence-corrected chi connectivity index (χ4v) is 3.75. The van der Waals surface area contributed by atoms with E-state index in [9.17, 15) is 10.2 Å². The monoisotopic (exact) mass is 341 g/mol. The van der Waals surface area contributed by atoms with Crippen LogP contribution in [0.3, 0.4) is 0 Å². The smallest absolute Gasteiger partial charge is 0.0772 e. The number of benzene rings is 1. The summed E-state index contributed by atoms with van der Waals surface area (Å²) in [5, 5.41) is 19.0. The van der Waals surface area contributed by atoms with E-state index in [4.69, 9.17) is 0 Å². The lowest BCUT2D eigenvalue weighted by atomic mass is 9.93. The van der Waals surface area contributed by atoms with Crippen molar-refractivity contribution < 1.29 is 10.2 Å². The van der Waals surface area contributed by atoms with Crippen LogP contribution in [0.4, 0.5) is 5.69 Å². The molecule has 0 saturated heterocycles. The molecule has 0 amide bonds. The summed E-state index contributed by atoms with van der Waals surface area (Å²) in [6, 6.07) is 6.61. The van der Waals surface area contributed by atoms with Gasteiger partial charge in [-0.25, -0.2) is 0 Å². The highest BCUT2D eigenvalue weighted by Crippen LogP contribution is 2.32. The van der Waals surface area contributed by atoms with E-state index in [0.29, 0.717) is 12.6 Å². The Balaban J connectivity index is 2.22. The summed E-state index contributed by atoms with van der Waals surface area (Å²) in [6.07, 6.45) is 5.82. The molecule has 1 fully saturated rings. The Hall–Kier alpha value is -0.580. The van der Waals surface area contributed by atoms with Gasteiger partial charge in [0, 0.05) is 22.7 Å². The van der Waals surface area contributed by atoms with Crippen molar-refractivity contribution in [2.75, 3.05) is 18.1 Å². The molecule has 0 aromatic heterocycles. The number of nitrogens with zero attached hydrogens (tertiary/aromatic N) is 1. The quantitative estimate of drug-likeness (QED) is 0.859. The predicted octanol–water partition coefficient (Wildman–Crippen LogP) is 3.63. The van der Waals surface area contributed by atoms with Crippen molar-refractivity contribution in [3.8, 4) is 0 Å². The molecule has 0 unspecified atom stereocenters. The molecule has 0 aliphatic heterocycles. The molecular formula is C16H24BrNO2. The van der Waals surface area contributed by atoms with E-state index in [1.54, 1.807) is 6.92 Å². The first-order valence-corrected chi connectivity index (χ1v) is 8.27. The molecule has 1 aromatic carbocycles. The molecule has 2 rings (SSSR count). The van der Waals surface area contributed by atoms with Gasteiger partial charge in [0.1, 0.15) is 0 Å². The van der Waals surface area contributed by atoms with Crippen molar-refractivity contribution in [2.45, 2.75) is 51.2 Å². The third-order valence-electron chi connectivity index (χ3n) is 4.12. The number of aliphatic hydroxyl groups excluding tert-OH is 2. The van der Waals surface area contributed by atoms with Crippen LogP contribution < -0.4 is 4.90 Å². The van der Waals surface area contributed by atoms with Crippen LogP contribution >= 0.6 is 15.9 Å². The highest BCUT2D eigenvalue weighted by atomic mass is 79.9. The lowest BCUT2D eigenvalue weighted by Crippen LogP contribution is -2.38. The Morgan fingerprint density at radius 1 is 1.30 bits per heavy atom. The number of aliphatic hydroxyl groups is 2. The topological polar surface area (TPSA) is 43.7 Å². The van der Waals surface area contributed by atoms with Gasteiger partial charge in [0.15, 0.2) is 0 Å². The zero-order chi connectivity index (χ0) is 14.5. The average molecular weight is 342 g/mol. The van der Waals surface area contributed by atoms with Crippen molar-refractivity contribution in [3.05, 3.63) is 28.2 Å². The minimum absolute atomic E-state index is 0.173. The van der Waals surface area contributed by atoms with Gasteiger partial charge in [-0.2, -0.15) is 0 Å². The fraction of sp³-hybridized carbons (Fsp3) is 0.625. The van der Waals surface area contributed by atoms with E-state index in [0.717, 1.165) is 15.7 Å². The second kappa shape index (κ2) is 7.43. The molecule has 0 radical (unpaired) electrons. The van der Waals surface area contributed by atoms with Crippen LogP contribution in [0.1, 0.15) is 50.7 Å². The number of hydrogen-bond donors (Lipinski definition) is 2. The summed E-state index contributed by atoms with van der Waals surface area (Å²) >= 11 is 3.54. The second-order valence-electron chi connectivity index (χ2n) is 5.59. The molecule has 0 heterocycles. The molecule has 1 aliphatic carbocycles. The number of hydrogen-bond acceptors (Lipinski definition) is 3. The summed E-state index contributed by atoms with van der Waals surface area (Å²) in [4.78, 5) is 2.32. The average Bonchev–Trinajstić information content (AvgIpc) is 2.45.